The van der Waals surface area contributed by atoms with Gasteiger partial charge in [-0.25, -0.2) is 36.3 Å². The molecule has 3 aliphatic carbocycles. The fraction of sp³-hybridized carbons (Fsp3) is 0.509. The van der Waals surface area contributed by atoms with Gasteiger partial charge in [0, 0.05) is 102 Å². The molecule has 6 atom stereocenters. The van der Waals surface area contributed by atoms with E-state index in [1.54, 1.807) is 26.0 Å². The Morgan fingerprint density at radius 2 is 1.33 bits per heavy atom. The minimum absolute atomic E-state index is 0.0296. The number of carbonyl (C=O) groups is 2. The number of nitrogens with zero attached hydrogens (tertiary/aromatic N) is 5. The van der Waals surface area contributed by atoms with Crippen LogP contribution in [0.15, 0.2) is 66.4 Å². The number of carbonyl (C=O) groups excluding carboxylic acids is 2. The summed E-state index contributed by atoms with van der Waals surface area (Å²) in [5.74, 6) is 1.81. The molecule has 2 aromatic heterocycles. The average molecular weight is 1110 g/mol. The molecule has 2 unspecified atom stereocenters. The lowest BCUT2D eigenvalue weighted by atomic mass is 9.75. The topological polar surface area (TPSA) is 183 Å². The van der Waals surface area contributed by atoms with E-state index < -0.39 is 64.7 Å². The van der Waals surface area contributed by atoms with Crippen LogP contribution in [0.5, 0.6) is 0 Å². The summed E-state index contributed by atoms with van der Waals surface area (Å²) in [6, 6.07) is 17.1. The first-order valence-electron chi connectivity index (χ1n) is 25.7. The van der Waals surface area contributed by atoms with E-state index >= 15 is 0 Å². The van der Waals surface area contributed by atoms with Gasteiger partial charge >= 0.3 is 0 Å². The van der Waals surface area contributed by atoms with Gasteiger partial charge < -0.3 is 31.9 Å². The van der Waals surface area contributed by atoms with Crippen LogP contribution in [0.3, 0.4) is 0 Å². The smallest absolute Gasteiger partial charge is 0.289 e. The summed E-state index contributed by atoms with van der Waals surface area (Å²) < 4.78 is 95.2. The first-order valence-corrected chi connectivity index (χ1v) is 28.8. The van der Waals surface area contributed by atoms with Crippen LogP contribution < -0.4 is 31.9 Å². The maximum absolute atomic E-state index is 14.8. The van der Waals surface area contributed by atoms with Gasteiger partial charge in [0.25, 0.3) is 12.3 Å². The van der Waals surface area contributed by atoms with Gasteiger partial charge in [-0.2, -0.15) is 5.26 Å². The highest BCUT2D eigenvalue weighted by atomic mass is 32.2. The number of amides is 2. The number of thiazole rings is 2. The highest BCUT2D eigenvalue weighted by Crippen LogP contribution is 2.48. The lowest BCUT2D eigenvalue weighted by Gasteiger charge is -2.33. The Bertz CT molecular complexity index is 2880. The number of alkyl halides is 6. The lowest BCUT2D eigenvalue weighted by molar-refractivity contribution is -0.128. The number of allylic oxidation sites excluding steroid dienone is 3. The Labute approximate surface area is 450 Å². The molecule has 2 saturated heterocycles. The Morgan fingerprint density at radius 3 is 1.84 bits per heavy atom. The molecule has 3 saturated carbocycles. The van der Waals surface area contributed by atoms with E-state index in [0.717, 1.165) is 51.7 Å². The number of anilines is 2. The van der Waals surface area contributed by atoms with Crippen LogP contribution in [0.1, 0.15) is 118 Å². The van der Waals surface area contributed by atoms with Crippen molar-refractivity contribution in [3.05, 3.63) is 87.8 Å². The van der Waals surface area contributed by atoms with Crippen molar-refractivity contribution in [2.75, 3.05) is 54.0 Å². The third-order valence-electron chi connectivity index (χ3n) is 14.7. The average Bonchev–Trinajstić information content (AvgIpc) is 3.77. The summed E-state index contributed by atoms with van der Waals surface area (Å²) in [4.78, 5) is 41.0. The molecule has 4 heterocycles. The molecule has 5 aliphatic rings. The molecule has 21 heteroatoms. The second-order valence-corrected chi connectivity index (χ2v) is 23.9. The van der Waals surface area contributed by atoms with Gasteiger partial charge in [0.2, 0.25) is 11.8 Å². The molecule has 9 rings (SSSR count). The lowest BCUT2D eigenvalue weighted by Crippen LogP contribution is -2.44. The molecule has 5 fully saturated rings. The Balaban J connectivity index is 0.000000206. The molecule has 0 radical (unpaired) electrons. The van der Waals surface area contributed by atoms with Crippen LogP contribution in [0.2, 0.25) is 0 Å². The van der Waals surface area contributed by atoms with Gasteiger partial charge in [-0.1, -0.05) is 30.2 Å². The van der Waals surface area contributed by atoms with Crippen molar-refractivity contribution < 1.29 is 40.1 Å². The van der Waals surface area contributed by atoms with Crippen LogP contribution in [0.25, 0.3) is 26.6 Å². The number of hydrogen-bond donors (Lipinski definition) is 4. The SMILES string of the molecule is CC#CC1(NC(=O)C2C[C@@H](F)CC[C@H]2c2nc(/C(N)=C/C=C(/C)N)sc2-c2ccc(N3CCC(F)(F)CC3)cc2)CC1.N#CCNC(=O)C1C[C@@H](F)CC[C@H]1c1nc(C(F)F)sc1-c1ccc(N2CCS(=O)CC2)cc1. The molecular weight excluding hydrogens is 1040 g/mol. The van der Waals surface area contributed by atoms with Crippen LogP contribution in [-0.2, 0) is 20.4 Å². The van der Waals surface area contributed by atoms with Gasteiger partial charge in [0.05, 0.1) is 32.9 Å². The maximum atomic E-state index is 14.8. The second kappa shape index (κ2) is 24.6. The monoisotopic (exact) mass is 1110 g/mol. The van der Waals surface area contributed by atoms with Crippen molar-refractivity contribution in [2.45, 2.75) is 120 Å². The molecule has 2 aromatic carbocycles. The Morgan fingerprint density at radius 1 is 0.803 bits per heavy atom. The van der Waals surface area contributed by atoms with E-state index in [2.05, 4.69) is 32.4 Å². The number of nitriles is 1. The molecule has 76 heavy (non-hydrogen) atoms. The number of piperidine rings is 1. The van der Waals surface area contributed by atoms with Crippen molar-refractivity contribution in [1.82, 2.24) is 20.6 Å². The summed E-state index contributed by atoms with van der Waals surface area (Å²) in [5.41, 5.74) is 17.3. The first-order chi connectivity index (χ1) is 36.4. The summed E-state index contributed by atoms with van der Waals surface area (Å²) in [5, 5.41) is 14.7. The molecular formula is C55H63F6N9O3S3. The summed E-state index contributed by atoms with van der Waals surface area (Å²) in [6.45, 7) is 5.30. The number of benzene rings is 2. The normalized spacial score (nSPS) is 24.6. The largest absolute Gasteiger partial charge is 0.402 e. The van der Waals surface area contributed by atoms with Gasteiger partial charge in [-0.05, 0) is 113 Å². The zero-order valence-corrected chi connectivity index (χ0v) is 44.9. The van der Waals surface area contributed by atoms with E-state index in [0.29, 0.717) is 89.5 Å². The quantitative estimate of drug-likeness (QED) is 0.0435. The molecule has 2 amide bonds. The first kappa shape index (κ1) is 56.3. The van der Waals surface area contributed by atoms with E-state index in [4.69, 9.17) is 21.7 Å². The molecule has 12 nitrogen and oxygen atoms in total. The fourth-order valence-electron chi connectivity index (χ4n) is 10.4. The van der Waals surface area contributed by atoms with Crippen molar-refractivity contribution >= 4 is 62.4 Å². The summed E-state index contributed by atoms with van der Waals surface area (Å²) >= 11 is 2.32. The molecule has 4 aromatic rings. The molecule has 0 spiro atoms. The standard InChI is InChI=1S/C32H38F3N5OS.C23H25F3N4O2S2/c1-3-12-31(13-14-31)39-29(41)25-19-22(33)7-10-24(25)27-28(42-30(38-27)26(37)11-4-20(2)36)21-5-8-23(9-6-21)40-17-15-32(34,35)16-18-40;24-15-3-6-17(18(13-15)22(31)28-8-7-27)19-20(33-23(29-19)21(25)26)14-1-4-16(5-2-14)30-9-11-34(32)12-10-30/h4-6,8-9,11,22,24-25H,7,10,13-19,36-37H2,1-2H3,(H,39,41);1-2,4-5,15,17-18,21H,3,6,8-13H2,(H,28,31)/b20-4-,26-11-;/t22-,24+,25?;15-,17+,18?/m00/s1. The van der Waals surface area contributed by atoms with E-state index in [1.165, 1.54) is 11.3 Å². The zero-order chi connectivity index (χ0) is 54.3. The minimum atomic E-state index is -2.76. The third kappa shape index (κ3) is 13.8. The molecule has 406 valence electrons. The zero-order valence-electron chi connectivity index (χ0n) is 42.4. The van der Waals surface area contributed by atoms with E-state index in [1.807, 2.05) is 59.5 Å². The van der Waals surface area contributed by atoms with E-state index in [9.17, 15) is 40.1 Å². The number of halogens is 6. The third-order valence-corrected chi connectivity index (χ3v) is 18.3. The number of hydrogen-bond acceptors (Lipinski definition) is 12. The number of aromatic nitrogens is 2. The van der Waals surface area contributed by atoms with Crippen LogP contribution >= 0.6 is 22.7 Å². The summed E-state index contributed by atoms with van der Waals surface area (Å²) in [6.07, 6.45) is 1.15. The van der Waals surface area contributed by atoms with Crippen LogP contribution in [0, 0.1) is 35.0 Å². The number of rotatable bonds is 13. The van der Waals surface area contributed by atoms with Gasteiger partial charge in [0.1, 0.15) is 29.4 Å². The van der Waals surface area contributed by atoms with Crippen LogP contribution in [-0.4, -0.2) is 94.0 Å². The Kier molecular flexibility index (Phi) is 18.2. The molecule has 0 bridgehead atoms. The summed E-state index contributed by atoms with van der Waals surface area (Å²) in [7, 11) is -0.786. The Hall–Kier alpha value is -5.90. The highest BCUT2D eigenvalue weighted by molar-refractivity contribution is 7.85. The van der Waals surface area contributed by atoms with Crippen molar-refractivity contribution in [2.24, 2.45) is 23.3 Å². The number of nitrogens with one attached hydrogen (secondary N) is 2. The highest BCUT2D eigenvalue weighted by Gasteiger charge is 2.47. The van der Waals surface area contributed by atoms with Crippen molar-refractivity contribution in [3.63, 3.8) is 0 Å². The van der Waals surface area contributed by atoms with Gasteiger partial charge in [0.15, 0.2) is 5.01 Å². The van der Waals surface area contributed by atoms with Crippen LogP contribution in [0.4, 0.5) is 37.7 Å². The minimum Gasteiger partial charge on any atom is -0.402 e. The fourth-order valence-corrected chi connectivity index (χ4v) is 13.6. The van der Waals surface area contributed by atoms with Gasteiger partial charge in [-0.15, -0.1) is 28.6 Å². The van der Waals surface area contributed by atoms with Gasteiger partial charge in [-0.3, -0.25) is 13.8 Å². The van der Waals surface area contributed by atoms with E-state index in [-0.39, 0.29) is 55.5 Å². The van der Waals surface area contributed by atoms with Crippen molar-refractivity contribution in [3.8, 4) is 38.8 Å². The maximum Gasteiger partial charge on any atom is 0.289 e. The molecule has 2 aliphatic heterocycles. The predicted octanol–water partition coefficient (Wildman–Crippen LogP) is 10.3. The van der Waals surface area contributed by atoms with Crippen molar-refractivity contribution in [1.29, 1.82) is 5.26 Å². The molecule has 6 N–H and O–H groups in total. The predicted molar refractivity (Wildman–Crippen MR) is 289 cm³/mol. The number of nitrogens with two attached hydrogens (primary N) is 2. The second-order valence-electron chi connectivity index (χ2n) is 20.2.